The molecule has 0 amide bonds. The highest BCUT2D eigenvalue weighted by Crippen LogP contribution is 2.15. The van der Waals surface area contributed by atoms with Crippen molar-refractivity contribution in [2.45, 2.75) is 27.1 Å². The van der Waals surface area contributed by atoms with Crippen molar-refractivity contribution >= 4 is 15.9 Å². The van der Waals surface area contributed by atoms with E-state index >= 15 is 0 Å². The van der Waals surface area contributed by atoms with Gasteiger partial charge in [-0.2, -0.15) is 0 Å². The summed E-state index contributed by atoms with van der Waals surface area (Å²) < 4.78 is 16.5. The molecule has 0 bridgehead atoms. The van der Waals surface area contributed by atoms with Crippen LogP contribution in [0.5, 0.6) is 0 Å². The Kier molecular flexibility index (Phi) is 8.49. The largest absolute Gasteiger partial charge is 0.500 e. The van der Waals surface area contributed by atoms with E-state index in [1.807, 2.05) is 20.8 Å². The highest BCUT2D eigenvalue weighted by atomic mass is 79.9. The van der Waals surface area contributed by atoms with Crippen molar-refractivity contribution < 1.29 is 14.2 Å². The van der Waals surface area contributed by atoms with Crippen LogP contribution in [0, 0.1) is 0 Å². The van der Waals surface area contributed by atoms with Crippen LogP contribution in [-0.4, -0.2) is 26.1 Å². The van der Waals surface area contributed by atoms with Crippen LogP contribution in [0.4, 0.5) is 0 Å². The molecule has 0 aromatic rings. The maximum atomic E-state index is 5.32. The summed E-state index contributed by atoms with van der Waals surface area (Å²) >= 11 is 3.33. The molecule has 0 aliphatic heterocycles. The minimum atomic E-state index is -0.346. The highest BCUT2D eigenvalue weighted by molar-refractivity contribution is 9.11. The minimum absolute atomic E-state index is 0.346. The molecule has 0 aliphatic rings. The van der Waals surface area contributed by atoms with E-state index in [0.29, 0.717) is 19.8 Å². The Morgan fingerprint density at radius 3 is 2.08 bits per heavy atom. The van der Waals surface area contributed by atoms with Gasteiger partial charge in [0.1, 0.15) is 0 Å². The fourth-order valence-corrected chi connectivity index (χ4v) is 1.13. The second kappa shape index (κ2) is 8.53. The van der Waals surface area contributed by atoms with Crippen LogP contribution in [0.3, 0.4) is 0 Å². The van der Waals surface area contributed by atoms with Gasteiger partial charge in [0.25, 0.3) is 0 Å². The SMILES string of the molecule is CCO/C=C(/Br)C(OCC)OCC. The van der Waals surface area contributed by atoms with Crippen LogP contribution >= 0.6 is 15.9 Å². The summed E-state index contributed by atoms with van der Waals surface area (Å²) in [6, 6.07) is 0. The van der Waals surface area contributed by atoms with Gasteiger partial charge in [0.2, 0.25) is 0 Å². The second-order valence-electron chi connectivity index (χ2n) is 2.20. The zero-order valence-electron chi connectivity index (χ0n) is 8.38. The van der Waals surface area contributed by atoms with Gasteiger partial charge < -0.3 is 14.2 Å². The molecule has 0 rings (SSSR count). The Balaban J connectivity index is 4.00. The molecule has 0 aromatic heterocycles. The van der Waals surface area contributed by atoms with Gasteiger partial charge in [-0.25, -0.2) is 0 Å². The van der Waals surface area contributed by atoms with Crippen LogP contribution in [0.25, 0.3) is 0 Å². The summed E-state index contributed by atoms with van der Waals surface area (Å²) in [4.78, 5) is 0. The smallest absolute Gasteiger partial charge is 0.193 e. The van der Waals surface area contributed by atoms with E-state index in [2.05, 4.69) is 15.9 Å². The van der Waals surface area contributed by atoms with Crippen molar-refractivity contribution in [1.29, 1.82) is 0 Å². The molecule has 0 saturated heterocycles. The molecule has 13 heavy (non-hydrogen) atoms. The molecular formula is C9H17BrO3. The van der Waals surface area contributed by atoms with Crippen LogP contribution in [0.2, 0.25) is 0 Å². The predicted molar refractivity (Wildman–Crippen MR) is 55.7 cm³/mol. The molecule has 0 N–H and O–H groups in total. The Hall–Kier alpha value is -0.0600. The Morgan fingerprint density at radius 2 is 1.69 bits per heavy atom. The number of hydrogen-bond donors (Lipinski definition) is 0. The first kappa shape index (κ1) is 12.9. The van der Waals surface area contributed by atoms with E-state index in [1.54, 1.807) is 6.26 Å². The van der Waals surface area contributed by atoms with Crippen molar-refractivity contribution in [1.82, 2.24) is 0 Å². The van der Waals surface area contributed by atoms with E-state index in [4.69, 9.17) is 14.2 Å². The first-order valence-electron chi connectivity index (χ1n) is 4.46. The topological polar surface area (TPSA) is 27.7 Å². The van der Waals surface area contributed by atoms with Crippen LogP contribution in [0.15, 0.2) is 10.7 Å². The van der Waals surface area contributed by atoms with E-state index in [9.17, 15) is 0 Å². The van der Waals surface area contributed by atoms with Crippen molar-refractivity contribution in [2.75, 3.05) is 19.8 Å². The molecule has 0 atom stereocenters. The zero-order chi connectivity index (χ0) is 10.1. The van der Waals surface area contributed by atoms with E-state index in [0.717, 1.165) is 4.48 Å². The molecule has 0 aliphatic carbocycles. The van der Waals surface area contributed by atoms with Crippen LogP contribution < -0.4 is 0 Å². The molecule has 0 radical (unpaired) electrons. The Bertz CT molecular complexity index is 142. The van der Waals surface area contributed by atoms with Gasteiger partial charge in [0, 0.05) is 13.2 Å². The van der Waals surface area contributed by atoms with Gasteiger partial charge in [-0.1, -0.05) is 0 Å². The maximum absolute atomic E-state index is 5.32. The molecule has 0 unspecified atom stereocenters. The average molecular weight is 253 g/mol. The lowest BCUT2D eigenvalue weighted by molar-refractivity contribution is -0.106. The maximum Gasteiger partial charge on any atom is 0.193 e. The second-order valence-corrected chi connectivity index (χ2v) is 3.12. The molecule has 0 aromatic carbocycles. The molecular weight excluding hydrogens is 236 g/mol. The van der Waals surface area contributed by atoms with Gasteiger partial charge in [-0.15, -0.1) is 0 Å². The molecule has 0 spiro atoms. The summed E-state index contributed by atoms with van der Waals surface area (Å²) in [7, 11) is 0. The van der Waals surface area contributed by atoms with Gasteiger partial charge in [-0.05, 0) is 36.7 Å². The molecule has 0 heterocycles. The first-order chi connectivity index (χ1) is 6.26. The number of hydrogen-bond acceptors (Lipinski definition) is 3. The summed E-state index contributed by atoms with van der Waals surface area (Å²) in [5.74, 6) is 0. The zero-order valence-corrected chi connectivity index (χ0v) is 9.96. The molecule has 0 fully saturated rings. The highest BCUT2D eigenvalue weighted by Gasteiger charge is 2.11. The molecule has 78 valence electrons. The molecule has 3 nitrogen and oxygen atoms in total. The lowest BCUT2D eigenvalue weighted by Crippen LogP contribution is -2.17. The summed E-state index contributed by atoms with van der Waals surface area (Å²) in [6.07, 6.45) is 1.26. The van der Waals surface area contributed by atoms with Gasteiger partial charge >= 0.3 is 0 Å². The van der Waals surface area contributed by atoms with E-state index in [1.165, 1.54) is 0 Å². The average Bonchev–Trinajstić information content (AvgIpc) is 2.14. The standard InChI is InChI=1S/C9H17BrO3/c1-4-11-7-8(10)9(12-5-2)13-6-3/h7,9H,4-6H2,1-3H3/b8-7+. The number of halogens is 1. The minimum Gasteiger partial charge on any atom is -0.500 e. The third kappa shape index (κ3) is 6.07. The lowest BCUT2D eigenvalue weighted by Gasteiger charge is -2.15. The third-order valence-corrected chi connectivity index (χ3v) is 1.78. The molecule has 4 heteroatoms. The number of rotatable bonds is 7. The normalized spacial score (nSPS) is 12.2. The van der Waals surface area contributed by atoms with Crippen molar-refractivity contribution in [3.8, 4) is 0 Å². The van der Waals surface area contributed by atoms with Gasteiger partial charge in [0.05, 0.1) is 17.4 Å². The summed E-state index contributed by atoms with van der Waals surface area (Å²) in [6.45, 7) is 7.63. The third-order valence-electron chi connectivity index (χ3n) is 1.22. The summed E-state index contributed by atoms with van der Waals surface area (Å²) in [5.41, 5.74) is 0. The van der Waals surface area contributed by atoms with Crippen molar-refractivity contribution in [3.63, 3.8) is 0 Å². The van der Waals surface area contributed by atoms with Crippen LogP contribution in [-0.2, 0) is 14.2 Å². The van der Waals surface area contributed by atoms with Gasteiger partial charge in [0.15, 0.2) is 6.29 Å². The molecule has 0 saturated carbocycles. The monoisotopic (exact) mass is 252 g/mol. The van der Waals surface area contributed by atoms with E-state index in [-0.39, 0.29) is 6.29 Å². The number of ether oxygens (including phenoxy) is 3. The quantitative estimate of drug-likeness (QED) is 0.515. The van der Waals surface area contributed by atoms with Gasteiger partial charge in [-0.3, -0.25) is 0 Å². The Labute approximate surface area is 88.2 Å². The lowest BCUT2D eigenvalue weighted by atomic mass is 10.6. The van der Waals surface area contributed by atoms with E-state index < -0.39 is 0 Å². The fraction of sp³-hybridized carbons (Fsp3) is 0.778. The Morgan fingerprint density at radius 1 is 1.15 bits per heavy atom. The summed E-state index contributed by atoms with van der Waals surface area (Å²) in [5, 5.41) is 0. The van der Waals surface area contributed by atoms with Crippen molar-refractivity contribution in [2.24, 2.45) is 0 Å². The van der Waals surface area contributed by atoms with Crippen molar-refractivity contribution in [3.05, 3.63) is 10.7 Å². The fourth-order valence-electron chi connectivity index (χ4n) is 0.729. The van der Waals surface area contributed by atoms with Crippen LogP contribution in [0.1, 0.15) is 20.8 Å². The first-order valence-corrected chi connectivity index (χ1v) is 5.25. The predicted octanol–water partition coefficient (Wildman–Crippen LogP) is 2.66.